The zero-order valence-electron chi connectivity index (χ0n) is 13.7. The average Bonchev–Trinajstić information content (AvgIpc) is 2.92. The first-order valence-corrected chi connectivity index (χ1v) is 9.83. The molecule has 0 aromatic carbocycles. The van der Waals surface area contributed by atoms with E-state index in [4.69, 9.17) is 4.42 Å². The summed E-state index contributed by atoms with van der Waals surface area (Å²) in [5, 5.41) is 9.50. The maximum absolute atomic E-state index is 11.8. The van der Waals surface area contributed by atoms with E-state index in [1.165, 1.54) is 10.6 Å². The van der Waals surface area contributed by atoms with Gasteiger partial charge in [0.05, 0.1) is 24.7 Å². The second-order valence-corrected chi connectivity index (χ2v) is 8.61. The molecule has 0 bridgehead atoms. The molecular weight excluding hydrogens is 334 g/mol. The highest BCUT2D eigenvalue weighted by molar-refractivity contribution is 7.88. The highest BCUT2D eigenvalue weighted by Crippen LogP contribution is 2.21. The largest absolute Gasteiger partial charge is 0.481 e. The molecular formula is C15H23N3O5S. The van der Waals surface area contributed by atoms with E-state index in [0.29, 0.717) is 45.8 Å². The molecule has 0 radical (unpaired) electrons. The molecule has 0 amide bonds. The van der Waals surface area contributed by atoms with Crippen molar-refractivity contribution in [2.24, 2.45) is 5.92 Å². The Balaban J connectivity index is 1.77. The van der Waals surface area contributed by atoms with Crippen LogP contribution in [0.1, 0.15) is 5.56 Å². The Morgan fingerprint density at radius 3 is 2.71 bits per heavy atom. The van der Waals surface area contributed by atoms with Gasteiger partial charge in [0.2, 0.25) is 10.0 Å². The third-order valence-electron chi connectivity index (χ3n) is 4.77. The highest BCUT2D eigenvalue weighted by atomic mass is 32.2. The van der Waals surface area contributed by atoms with Crippen LogP contribution in [-0.2, 0) is 21.4 Å². The van der Waals surface area contributed by atoms with Gasteiger partial charge in [0.25, 0.3) is 0 Å². The minimum Gasteiger partial charge on any atom is -0.481 e. The molecule has 2 aliphatic heterocycles. The fraction of sp³-hybridized carbons (Fsp3) is 0.667. The Morgan fingerprint density at radius 1 is 1.29 bits per heavy atom. The van der Waals surface area contributed by atoms with Crippen LogP contribution in [0.5, 0.6) is 0 Å². The van der Waals surface area contributed by atoms with Gasteiger partial charge in [0.1, 0.15) is 0 Å². The number of nitrogens with zero attached hydrogens (tertiary/aromatic N) is 3. The lowest BCUT2D eigenvalue weighted by Crippen LogP contribution is -2.57. The van der Waals surface area contributed by atoms with Crippen LogP contribution in [-0.4, -0.2) is 85.2 Å². The number of furan rings is 1. The molecule has 3 heterocycles. The van der Waals surface area contributed by atoms with Crippen molar-refractivity contribution < 1.29 is 22.7 Å². The second kappa shape index (κ2) is 6.83. The Morgan fingerprint density at radius 2 is 2.08 bits per heavy atom. The average molecular weight is 357 g/mol. The molecule has 0 spiro atoms. The number of carboxylic acid groups (broad SMARTS) is 1. The maximum Gasteiger partial charge on any atom is 0.309 e. The summed E-state index contributed by atoms with van der Waals surface area (Å²) in [6, 6.07) is 1.87. The van der Waals surface area contributed by atoms with Crippen molar-refractivity contribution in [3.8, 4) is 0 Å². The third kappa shape index (κ3) is 3.97. The molecule has 134 valence electrons. The van der Waals surface area contributed by atoms with Gasteiger partial charge in [-0.25, -0.2) is 8.42 Å². The molecule has 0 unspecified atom stereocenters. The molecule has 0 aliphatic carbocycles. The molecule has 3 rings (SSSR count). The van der Waals surface area contributed by atoms with E-state index in [0.717, 1.165) is 5.56 Å². The number of carboxylic acids is 1. The van der Waals surface area contributed by atoms with Crippen LogP contribution in [0.25, 0.3) is 0 Å². The predicted molar refractivity (Wildman–Crippen MR) is 86.9 cm³/mol. The van der Waals surface area contributed by atoms with Crippen LogP contribution in [0.4, 0.5) is 0 Å². The lowest BCUT2D eigenvalue weighted by Gasteiger charge is -2.40. The zero-order chi connectivity index (χ0) is 17.3. The molecule has 1 N–H and O–H groups in total. The van der Waals surface area contributed by atoms with Gasteiger partial charge >= 0.3 is 5.97 Å². The van der Waals surface area contributed by atoms with Crippen molar-refractivity contribution in [2.45, 2.75) is 12.6 Å². The van der Waals surface area contributed by atoms with Crippen LogP contribution in [0.3, 0.4) is 0 Å². The van der Waals surface area contributed by atoms with Crippen molar-refractivity contribution >= 4 is 16.0 Å². The summed E-state index contributed by atoms with van der Waals surface area (Å²) in [7, 11) is -3.23. The second-order valence-electron chi connectivity index (χ2n) is 6.63. The first kappa shape index (κ1) is 17.4. The highest BCUT2D eigenvalue weighted by Gasteiger charge is 2.38. The lowest BCUT2D eigenvalue weighted by molar-refractivity contribution is -0.142. The van der Waals surface area contributed by atoms with Crippen molar-refractivity contribution in [3.63, 3.8) is 0 Å². The minimum absolute atomic E-state index is 0.00438. The summed E-state index contributed by atoms with van der Waals surface area (Å²) in [6.45, 7) is 3.55. The maximum atomic E-state index is 11.8. The van der Waals surface area contributed by atoms with E-state index in [-0.39, 0.29) is 6.04 Å². The van der Waals surface area contributed by atoms with E-state index < -0.39 is 21.9 Å². The Labute approximate surface area is 141 Å². The summed E-state index contributed by atoms with van der Waals surface area (Å²) in [5.74, 6) is -1.29. The minimum atomic E-state index is -3.23. The summed E-state index contributed by atoms with van der Waals surface area (Å²) in [6.07, 6.45) is 4.48. The van der Waals surface area contributed by atoms with E-state index in [9.17, 15) is 18.3 Å². The molecule has 2 aliphatic rings. The standard InChI is InChI=1S/C15H23N3O5S/c1-24(21,22)18-4-3-17-8-13(15(19)20)7-16(9-14(17)10-18)6-12-2-5-23-11-12/h2,5,11,13-14H,3-4,6-10H2,1H3,(H,19,20)/t13-,14+/m0/s1. The van der Waals surface area contributed by atoms with Gasteiger partial charge < -0.3 is 9.52 Å². The van der Waals surface area contributed by atoms with Gasteiger partial charge in [0, 0.05) is 57.4 Å². The van der Waals surface area contributed by atoms with Crippen molar-refractivity contribution in [3.05, 3.63) is 24.2 Å². The monoisotopic (exact) mass is 357 g/mol. The fourth-order valence-electron chi connectivity index (χ4n) is 3.53. The van der Waals surface area contributed by atoms with Crippen molar-refractivity contribution in [2.75, 3.05) is 45.5 Å². The summed E-state index contributed by atoms with van der Waals surface area (Å²) in [5.41, 5.74) is 0.989. The lowest BCUT2D eigenvalue weighted by atomic mass is 10.1. The van der Waals surface area contributed by atoms with Gasteiger partial charge in [-0.3, -0.25) is 14.6 Å². The van der Waals surface area contributed by atoms with Gasteiger partial charge in [-0.05, 0) is 6.07 Å². The Hall–Kier alpha value is -1.42. The smallest absolute Gasteiger partial charge is 0.309 e. The molecule has 1 aromatic heterocycles. The van der Waals surface area contributed by atoms with Gasteiger partial charge in [-0.15, -0.1) is 0 Å². The molecule has 2 saturated heterocycles. The number of fused-ring (bicyclic) bond motifs is 1. The molecule has 24 heavy (non-hydrogen) atoms. The molecule has 2 fully saturated rings. The fourth-order valence-corrected chi connectivity index (χ4v) is 4.39. The SMILES string of the molecule is CS(=O)(=O)N1CCN2C[C@@H](C(=O)O)CN(Cc3ccoc3)C[C@@H]2C1. The van der Waals surface area contributed by atoms with Crippen LogP contribution < -0.4 is 0 Å². The summed E-state index contributed by atoms with van der Waals surface area (Å²) >= 11 is 0. The topological polar surface area (TPSA) is 94.3 Å². The molecule has 2 atom stereocenters. The van der Waals surface area contributed by atoms with Gasteiger partial charge in [-0.2, -0.15) is 4.31 Å². The summed E-state index contributed by atoms with van der Waals surface area (Å²) < 4.78 is 30.3. The quantitative estimate of drug-likeness (QED) is 0.793. The van der Waals surface area contributed by atoms with Crippen molar-refractivity contribution in [1.82, 2.24) is 14.1 Å². The number of rotatable bonds is 4. The number of hydrogen-bond acceptors (Lipinski definition) is 6. The normalized spacial score (nSPS) is 27.5. The number of carbonyl (C=O) groups is 1. The van der Waals surface area contributed by atoms with Gasteiger partial charge in [-0.1, -0.05) is 0 Å². The van der Waals surface area contributed by atoms with Crippen LogP contribution in [0, 0.1) is 5.92 Å². The van der Waals surface area contributed by atoms with Crippen LogP contribution in [0.15, 0.2) is 23.0 Å². The van der Waals surface area contributed by atoms with Crippen LogP contribution >= 0.6 is 0 Å². The van der Waals surface area contributed by atoms with E-state index in [1.54, 1.807) is 12.5 Å². The van der Waals surface area contributed by atoms with E-state index >= 15 is 0 Å². The first-order chi connectivity index (χ1) is 11.3. The number of aliphatic carboxylic acids is 1. The van der Waals surface area contributed by atoms with Crippen LogP contribution in [0.2, 0.25) is 0 Å². The predicted octanol–water partition coefficient (Wildman–Crippen LogP) is -0.258. The van der Waals surface area contributed by atoms with E-state index in [1.807, 2.05) is 6.07 Å². The Bertz CT molecular complexity index is 675. The Kier molecular flexibility index (Phi) is 4.95. The molecule has 0 saturated carbocycles. The van der Waals surface area contributed by atoms with Crippen molar-refractivity contribution in [1.29, 1.82) is 0 Å². The molecule has 8 nitrogen and oxygen atoms in total. The molecule has 1 aromatic rings. The first-order valence-electron chi connectivity index (χ1n) is 7.98. The summed E-state index contributed by atoms with van der Waals surface area (Å²) in [4.78, 5) is 15.8. The number of sulfonamides is 1. The molecule has 9 heteroatoms. The zero-order valence-corrected chi connectivity index (χ0v) is 14.5. The van der Waals surface area contributed by atoms with Gasteiger partial charge in [0.15, 0.2) is 0 Å². The number of hydrogen-bond donors (Lipinski definition) is 1. The number of piperazine rings is 1. The third-order valence-corrected chi connectivity index (χ3v) is 6.04. The van der Waals surface area contributed by atoms with E-state index in [2.05, 4.69) is 9.80 Å².